The number of aryl methyl sites for hydroxylation is 1. The van der Waals surface area contributed by atoms with Gasteiger partial charge >= 0.3 is 0 Å². The van der Waals surface area contributed by atoms with Crippen molar-refractivity contribution in [2.24, 2.45) is 7.05 Å². The van der Waals surface area contributed by atoms with Gasteiger partial charge in [0.15, 0.2) is 0 Å². The van der Waals surface area contributed by atoms with Gasteiger partial charge in [-0.3, -0.25) is 4.68 Å². The number of benzene rings is 1. The fourth-order valence-electron chi connectivity index (χ4n) is 2.31. The van der Waals surface area contributed by atoms with Crippen LogP contribution in [0.5, 0.6) is 0 Å². The summed E-state index contributed by atoms with van der Waals surface area (Å²) in [6.07, 6.45) is 0. The molecule has 1 aromatic carbocycles. The number of aromatic nitrogens is 3. The first-order valence-corrected chi connectivity index (χ1v) is 8.16. The Labute approximate surface area is 129 Å². The highest BCUT2D eigenvalue weighted by Crippen LogP contribution is 2.40. The summed E-state index contributed by atoms with van der Waals surface area (Å²) in [6.45, 7) is 0. The number of nitrogens with two attached hydrogens (primary N) is 1. The summed E-state index contributed by atoms with van der Waals surface area (Å²) in [5.41, 5.74) is 9.07. The highest BCUT2D eigenvalue weighted by Gasteiger charge is 2.21. The van der Waals surface area contributed by atoms with Gasteiger partial charge < -0.3 is 5.73 Å². The van der Waals surface area contributed by atoms with Crippen LogP contribution in [0.1, 0.15) is 0 Å². The van der Waals surface area contributed by atoms with E-state index in [1.807, 2.05) is 36.7 Å². The van der Waals surface area contributed by atoms with E-state index < -0.39 is 0 Å². The number of para-hydroxylation sites is 1. The van der Waals surface area contributed by atoms with Gasteiger partial charge in [0.05, 0.1) is 20.7 Å². The van der Waals surface area contributed by atoms with Gasteiger partial charge in [0.25, 0.3) is 0 Å². The lowest BCUT2D eigenvalue weighted by atomic mass is 10.2. The largest absolute Gasteiger partial charge is 0.383 e. The van der Waals surface area contributed by atoms with E-state index in [-0.39, 0.29) is 0 Å². The monoisotopic (exact) mass is 312 g/mol. The molecule has 0 radical (unpaired) electrons. The van der Waals surface area contributed by atoms with Crippen molar-refractivity contribution < 1.29 is 0 Å². The van der Waals surface area contributed by atoms with Crippen LogP contribution in [-0.4, -0.2) is 14.8 Å². The lowest BCUT2D eigenvalue weighted by molar-refractivity contribution is 0.783. The maximum atomic E-state index is 6.24. The molecule has 4 rings (SSSR count). The van der Waals surface area contributed by atoms with E-state index >= 15 is 0 Å². The molecule has 2 N–H and O–H groups in total. The first-order valence-electron chi connectivity index (χ1n) is 6.46. The molecule has 0 unspecified atom stereocenters. The van der Waals surface area contributed by atoms with Gasteiger partial charge in [-0.05, 0) is 23.6 Å². The molecule has 0 saturated heterocycles. The molecule has 104 valence electrons. The lowest BCUT2D eigenvalue weighted by Gasteiger charge is -1.97. The van der Waals surface area contributed by atoms with Crippen LogP contribution in [0.4, 0.5) is 5.82 Å². The Balaban J connectivity index is 1.99. The van der Waals surface area contributed by atoms with E-state index in [0.717, 1.165) is 31.4 Å². The molecular weight excluding hydrogens is 300 g/mol. The molecule has 4 nitrogen and oxygen atoms in total. The van der Waals surface area contributed by atoms with Crippen molar-refractivity contribution >= 4 is 38.7 Å². The van der Waals surface area contributed by atoms with Crippen molar-refractivity contribution in [3.63, 3.8) is 0 Å². The Morgan fingerprint density at radius 2 is 2.00 bits per heavy atom. The van der Waals surface area contributed by atoms with Crippen LogP contribution in [0.15, 0.2) is 41.8 Å². The van der Waals surface area contributed by atoms with E-state index in [4.69, 9.17) is 10.7 Å². The van der Waals surface area contributed by atoms with Crippen molar-refractivity contribution in [3.05, 3.63) is 41.8 Å². The van der Waals surface area contributed by atoms with Gasteiger partial charge in [-0.25, -0.2) is 4.98 Å². The molecule has 0 aliphatic heterocycles. The molecular formula is C15H12N4S2. The number of nitrogen functional groups attached to an aromatic ring is 1. The quantitative estimate of drug-likeness (QED) is 0.608. The molecule has 4 aromatic rings. The second kappa shape index (κ2) is 4.68. The van der Waals surface area contributed by atoms with Gasteiger partial charge in [0.2, 0.25) is 0 Å². The summed E-state index contributed by atoms with van der Waals surface area (Å²) >= 11 is 3.31. The number of hydrogen-bond acceptors (Lipinski definition) is 5. The van der Waals surface area contributed by atoms with Gasteiger partial charge in [-0.2, -0.15) is 5.10 Å². The first kappa shape index (κ1) is 12.6. The minimum atomic E-state index is 0.650. The molecule has 0 aliphatic carbocycles. The lowest BCUT2D eigenvalue weighted by Crippen LogP contribution is -1.97. The maximum Gasteiger partial charge on any atom is 0.132 e. The third-order valence-electron chi connectivity index (χ3n) is 3.35. The minimum Gasteiger partial charge on any atom is -0.383 e. The number of fused-ring (bicyclic) bond motifs is 1. The van der Waals surface area contributed by atoms with Crippen molar-refractivity contribution in [1.29, 1.82) is 0 Å². The molecule has 6 heteroatoms. The van der Waals surface area contributed by atoms with Gasteiger partial charge in [0.1, 0.15) is 16.5 Å². The van der Waals surface area contributed by atoms with Crippen LogP contribution in [0.25, 0.3) is 31.4 Å². The highest BCUT2D eigenvalue weighted by atomic mass is 32.1. The summed E-state index contributed by atoms with van der Waals surface area (Å²) in [6, 6.07) is 12.2. The van der Waals surface area contributed by atoms with Crippen molar-refractivity contribution in [2.75, 3.05) is 5.73 Å². The molecule has 0 amide bonds. The zero-order valence-corrected chi connectivity index (χ0v) is 12.9. The van der Waals surface area contributed by atoms with Gasteiger partial charge in [0, 0.05) is 7.05 Å². The van der Waals surface area contributed by atoms with Gasteiger partial charge in [-0.1, -0.05) is 18.2 Å². The Morgan fingerprint density at radius 1 is 1.14 bits per heavy atom. The maximum absolute atomic E-state index is 6.24. The molecule has 0 fully saturated rings. The van der Waals surface area contributed by atoms with Crippen LogP contribution < -0.4 is 5.73 Å². The summed E-state index contributed by atoms with van der Waals surface area (Å²) in [7, 11) is 1.86. The molecule has 0 aliphatic rings. The average Bonchev–Trinajstić information content (AvgIpc) is 3.18. The number of thiophene rings is 1. The Hall–Kier alpha value is -2.18. The third-order valence-corrected chi connectivity index (χ3v) is 5.28. The fraction of sp³-hybridized carbons (Fsp3) is 0.0667. The average molecular weight is 312 g/mol. The topological polar surface area (TPSA) is 56.7 Å². The van der Waals surface area contributed by atoms with Crippen LogP contribution in [0.3, 0.4) is 0 Å². The minimum absolute atomic E-state index is 0.650. The fourth-order valence-corrected chi connectivity index (χ4v) is 4.05. The van der Waals surface area contributed by atoms with Crippen molar-refractivity contribution in [3.8, 4) is 21.1 Å². The molecule has 3 aromatic heterocycles. The molecule has 3 heterocycles. The summed E-state index contributed by atoms with van der Waals surface area (Å²) in [4.78, 5) is 5.83. The third kappa shape index (κ3) is 1.95. The Bertz CT molecular complexity index is 886. The zero-order chi connectivity index (χ0) is 14.4. The Kier molecular flexibility index (Phi) is 2.80. The summed E-state index contributed by atoms with van der Waals surface area (Å²) in [5, 5.41) is 7.53. The van der Waals surface area contributed by atoms with Gasteiger partial charge in [-0.15, -0.1) is 22.7 Å². The van der Waals surface area contributed by atoms with E-state index in [1.165, 1.54) is 0 Å². The number of thiazole rings is 1. The number of anilines is 1. The highest BCUT2D eigenvalue weighted by molar-refractivity contribution is 7.21. The predicted octanol–water partition coefficient (Wildman–Crippen LogP) is 4.01. The normalized spacial score (nSPS) is 11.3. The zero-order valence-electron chi connectivity index (χ0n) is 11.3. The number of nitrogens with zero attached hydrogens (tertiary/aromatic N) is 3. The molecule has 0 saturated carbocycles. The van der Waals surface area contributed by atoms with E-state index in [2.05, 4.69) is 17.2 Å². The first-order chi connectivity index (χ1) is 10.2. The predicted molar refractivity (Wildman–Crippen MR) is 89.5 cm³/mol. The van der Waals surface area contributed by atoms with Crippen molar-refractivity contribution in [2.45, 2.75) is 0 Å². The smallest absolute Gasteiger partial charge is 0.132 e. The second-order valence-corrected chi connectivity index (χ2v) is 6.67. The molecule has 0 atom stereocenters. The van der Waals surface area contributed by atoms with Crippen LogP contribution in [-0.2, 0) is 7.05 Å². The van der Waals surface area contributed by atoms with Crippen LogP contribution in [0, 0.1) is 0 Å². The number of rotatable bonds is 2. The Morgan fingerprint density at radius 3 is 2.76 bits per heavy atom. The van der Waals surface area contributed by atoms with E-state index in [1.54, 1.807) is 27.4 Å². The van der Waals surface area contributed by atoms with Crippen LogP contribution >= 0.6 is 22.7 Å². The molecule has 21 heavy (non-hydrogen) atoms. The van der Waals surface area contributed by atoms with E-state index in [9.17, 15) is 0 Å². The van der Waals surface area contributed by atoms with Crippen molar-refractivity contribution in [1.82, 2.24) is 14.8 Å². The SMILES string of the molecule is Cn1nc(-c2cccs2)c(-c2nc3ccccc3s2)c1N. The van der Waals surface area contributed by atoms with Crippen LogP contribution in [0.2, 0.25) is 0 Å². The van der Waals surface area contributed by atoms with E-state index in [0.29, 0.717) is 5.82 Å². The standard InChI is InChI=1S/C15H12N4S2/c1-19-14(16)12(13(18-19)11-7-4-8-20-11)15-17-9-5-2-3-6-10(9)21-15/h2-8H,16H2,1H3. The molecule has 0 spiro atoms. The summed E-state index contributed by atoms with van der Waals surface area (Å²) in [5.74, 6) is 0.650. The summed E-state index contributed by atoms with van der Waals surface area (Å²) < 4.78 is 2.88. The molecule has 0 bridgehead atoms. The second-order valence-electron chi connectivity index (χ2n) is 4.70. The number of hydrogen-bond donors (Lipinski definition) is 1.